The van der Waals surface area contributed by atoms with E-state index in [2.05, 4.69) is 24.1 Å². The highest BCUT2D eigenvalue weighted by atomic mass is 16.5. The van der Waals surface area contributed by atoms with E-state index in [1.807, 2.05) is 0 Å². The van der Waals surface area contributed by atoms with Gasteiger partial charge >= 0.3 is 0 Å². The zero-order valence-corrected chi connectivity index (χ0v) is 12.2. The monoisotopic (exact) mass is 254 g/mol. The first-order valence-electron chi connectivity index (χ1n) is 7.83. The molecule has 1 aliphatic heterocycles. The van der Waals surface area contributed by atoms with Gasteiger partial charge in [0.2, 0.25) is 0 Å². The van der Waals surface area contributed by atoms with Crippen molar-refractivity contribution >= 4 is 0 Å². The molecule has 0 spiro atoms. The molecule has 0 aromatic rings. The highest BCUT2D eigenvalue weighted by Crippen LogP contribution is 2.28. The molecule has 1 saturated heterocycles. The molecule has 1 heterocycles. The summed E-state index contributed by atoms with van der Waals surface area (Å²) in [7, 11) is 0. The van der Waals surface area contributed by atoms with Crippen molar-refractivity contribution in [3.8, 4) is 0 Å². The standard InChI is InChI=1S/C15H30N2O/c1-3-7-16-15-6-8-17(11-13(15)2)9-10-18-12-14-4-5-14/h13-16H,3-12H2,1-2H3. The van der Waals surface area contributed by atoms with Crippen LogP contribution in [0.2, 0.25) is 0 Å². The number of nitrogens with one attached hydrogen (secondary N) is 1. The van der Waals surface area contributed by atoms with Crippen LogP contribution >= 0.6 is 0 Å². The fourth-order valence-electron chi connectivity index (χ4n) is 2.80. The Morgan fingerprint density at radius 3 is 2.78 bits per heavy atom. The van der Waals surface area contributed by atoms with Crippen molar-refractivity contribution in [3.63, 3.8) is 0 Å². The molecule has 0 radical (unpaired) electrons. The average molecular weight is 254 g/mol. The van der Waals surface area contributed by atoms with Gasteiger partial charge in [-0.15, -0.1) is 0 Å². The lowest BCUT2D eigenvalue weighted by atomic mass is 9.94. The maximum atomic E-state index is 5.73. The molecule has 0 aromatic carbocycles. The zero-order chi connectivity index (χ0) is 12.8. The van der Waals surface area contributed by atoms with Crippen LogP contribution in [0.15, 0.2) is 0 Å². The predicted octanol–water partition coefficient (Wildman–Crippen LogP) is 2.12. The minimum Gasteiger partial charge on any atom is -0.380 e. The lowest BCUT2D eigenvalue weighted by Crippen LogP contribution is -2.49. The lowest BCUT2D eigenvalue weighted by Gasteiger charge is -2.37. The van der Waals surface area contributed by atoms with E-state index in [1.165, 1.54) is 45.3 Å². The second-order valence-corrected chi connectivity index (χ2v) is 6.15. The molecule has 0 aromatic heterocycles. The highest BCUT2D eigenvalue weighted by Gasteiger charge is 2.25. The Balaban J connectivity index is 1.55. The number of piperidine rings is 1. The van der Waals surface area contributed by atoms with Crippen LogP contribution in [0, 0.1) is 11.8 Å². The maximum Gasteiger partial charge on any atom is 0.0593 e. The fraction of sp³-hybridized carbons (Fsp3) is 1.00. The number of rotatable bonds is 8. The van der Waals surface area contributed by atoms with Gasteiger partial charge in [0.05, 0.1) is 6.61 Å². The summed E-state index contributed by atoms with van der Waals surface area (Å²) < 4.78 is 5.73. The lowest BCUT2D eigenvalue weighted by molar-refractivity contribution is 0.0732. The van der Waals surface area contributed by atoms with E-state index in [4.69, 9.17) is 4.74 Å². The minimum atomic E-state index is 0.730. The van der Waals surface area contributed by atoms with Crippen molar-refractivity contribution in [1.82, 2.24) is 10.2 Å². The highest BCUT2D eigenvalue weighted by molar-refractivity contribution is 4.82. The van der Waals surface area contributed by atoms with E-state index in [1.54, 1.807) is 0 Å². The zero-order valence-electron chi connectivity index (χ0n) is 12.2. The summed E-state index contributed by atoms with van der Waals surface area (Å²) in [6, 6.07) is 0.730. The first-order chi connectivity index (χ1) is 8.79. The van der Waals surface area contributed by atoms with Crippen LogP contribution in [0.5, 0.6) is 0 Å². The summed E-state index contributed by atoms with van der Waals surface area (Å²) in [6.07, 6.45) is 5.32. The van der Waals surface area contributed by atoms with Crippen molar-refractivity contribution in [1.29, 1.82) is 0 Å². The van der Waals surface area contributed by atoms with E-state index in [0.717, 1.165) is 37.6 Å². The van der Waals surface area contributed by atoms with Crippen LogP contribution in [-0.2, 0) is 4.74 Å². The summed E-state index contributed by atoms with van der Waals surface area (Å²) >= 11 is 0. The van der Waals surface area contributed by atoms with Gasteiger partial charge in [-0.1, -0.05) is 13.8 Å². The largest absolute Gasteiger partial charge is 0.380 e. The summed E-state index contributed by atoms with van der Waals surface area (Å²) in [5.74, 6) is 1.67. The van der Waals surface area contributed by atoms with Crippen LogP contribution in [0.4, 0.5) is 0 Å². The van der Waals surface area contributed by atoms with Gasteiger partial charge in [-0.2, -0.15) is 0 Å². The number of hydrogen-bond acceptors (Lipinski definition) is 3. The third-order valence-electron chi connectivity index (χ3n) is 4.25. The second-order valence-electron chi connectivity index (χ2n) is 6.15. The normalized spacial score (nSPS) is 29.7. The Labute approximate surface area is 112 Å². The molecule has 1 saturated carbocycles. The molecular weight excluding hydrogens is 224 g/mol. The fourth-order valence-corrected chi connectivity index (χ4v) is 2.80. The van der Waals surface area contributed by atoms with Crippen LogP contribution < -0.4 is 5.32 Å². The molecule has 1 N–H and O–H groups in total. The summed E-state index contributed by atoms with van der Waals surface area (Å²) in [5, 5.41) is 3.67. The van der Waals surface area contributed by atoms with Crippen LogP contribution in [0.3, 0.4) is 0 Å². The van der Waals surface area contributed by atoms with Gasteiger partial charge in [0.1, 0.15) is 0 Å². The van der Waals surface area contributed by atoms with E-state index >= 15 is 0 Å². The molecule has 2 aliphatic rings. The van der Waals surface area contributed by atoms with Crippen LogP contribution in [0.1, 0.15) is 39.5 Å². The van der Waals surface area contributed by atoms with Gasteiger partial charge in [0.25, 0.3) is 0 Å². The molecule has 2 rings (SSSR count). The Morgan fingerprint density at radius 1 is 1.28 bits per heavy atom. The van der Waals surface area contributed by atoms with E-state index in [0.29, 0.717) is 0 Å². The Bertz CT molecular complexity index is 231. The minimum absolute atomic E-state index is 0.730. The van der Waals surface area contributed by atoms with Gasteiger partial charge in [-0.05, 0) is 50.6 Å². The molecule has 1 aliphatic carbocycles. The van der Waals surface area contributed by atoms with Crippen molar-refractivity contribution in [2.45, 2.75) is 45.6 Å². The third kappa shape index (κ3) is 4.87. The summed E-state index contributed by atoms with van der Waals surface area (Å²) in [4.78, 5) is 2.57. The number of nitrogens with zero attached hydrogens (tertiary/aromatic N) is 1. The molecule has 2 atom stereocenters. The van der Waals surface area contributed by atoms with Gasteiger partial charge in [0.15, 0.2) is 0 Å². The maximum absolute atomic E-state index is 5.73. The smallest absolute Gasteiger partial charge is 0.0593 e. The predicted molar refractivity (Wildman–Crippen MR) is 75.8 cm³/mol. The van der Waals surface area contributed by atoms with E-state index < -0.39 is 0 Å². The van der Waals surface area contributed by atoms with Gasteiger partial charge < -0.3 is 15.0 Å². The third-order valence-corrected chi connectivity index (χ3v) is 4.25. The Hall–Kier alpha value is -0.120. The summed E-state index contributed by atoms with van der Waals surface area (Å²) in [5.41, 5.74) is 0. The molecule has 0 amide bonds. The SMILES string of the molecule is CCCNC1CCN(CCOCC2CC2)CC1C. The van der Waals surface area contributed by atoms with Crippen molar-refractivity contribution < 1.29 is 4.74 Å². The van der Waals surface area contributed by atoms with Gasteiger partial charge in [0, 0.05) is 25.7 Å². The van der Waals surface area contributed by atoms with Crippen molar-refractivity contribution in [2.24, 2.45) is 11.8 Å². The number of hydrogen-bond donors (Lipinski definition) is 1. The molecule has 2 unspecified atom stereocenters. The molecule has 2 fully saturated rings. The average Bonchev–Trinajstić information content (AvgIpc) is 3.18. The molecule has 3 nitrogen and oxygen atoms in total. The molecule has 0 bridgehead atoms. The van der Waals surface area contributed by atoms with Crippen molar-refractivity contribution in [2.75, 3.05) is 39.4 Å². The van der Waals surface area contributed by atoms with Gasteiger partial charge in [-0.3, -0.25) is 0 Å². The quantitative estimate of drug-likeness (QED) is 0.672. The molecule has 18 heavy (non-hydrogen) atoms. The van der Waals surface area contributed by atoms with E-state index in [-0.39, 0.29) is 0 Å². The number of likely N-dealkylation sites (tertiary alicyclic amines) is 1. The molecule has 3 heteroatoms. The Morgan fingerprint density at radius 2 is 2.11 bits per heavy atom. The number of ether oxygens (including phenoxy) is 1. The van der Waals surface area contributed by atoms with Gasteiger partial charge in [-0.25, -0.2) is 0 Å². The Kier molecular flexibility index (Phi) is 5.93. The topological polar surface area (TPSA) is 24.5 Å². The van der Waals surface area contributed by atoms with Crippen molar-refractivity contribution in [3.05, 3.63) is 0 Å². The van der Waals surface area contributed by atoms with Crippen LogP contribution in [-0.4, -0.2) is 50.3 Å². The van der Waals surface area contributed by atoms with Crippen LogP contribution in [0.25, 0.3) is 0 Å². The van der Waals surface area contributed by atoms with E-state index in [9.17, 15) is 0 Å². The second kappa shape index (κ2) is 7.46. The molecular formula is C15H30N2O. The molecule has 106 valence electrons. The summed E-state index contributed by atoms with van der Waals surface area (Å²) in [6.45, 7) is 11.3. The first kappa shape index (κ1) is 14.3. The first-order valence-corrected chi connectivity index (χ1v) is 7.83.